The summed E-state index contributed by atoms with van der Waals surface area (Å²) in [5, 5.41) is 6.50. The highest BCUT2D eigenvalue weighted by Gasteiger charge is 2.30. The first-order valence-electron chi connectivity index (χ1n) is 13.1. The van der Waals surface area contributed by atoms with Gasteiger partial charge in [-0.05, 0) is 53.8 Å². The number of benzene rings is 2. The number of imidazole rings is 1. The van der Waals surface area contributed by atoms with Gasteiger partial charge in [-0.3, -0.25) is 14.4 Å². The molecule has 0 fully saturated rings. The van der Waals surface area contributed by atoms with Crippen molar-refractivity contribution in [3.05, 3.63) is 100.0 Å². The number of aromatic nitrogens is 4. The highest BCUT2D eigenvalue weighted by atomic mass is 35.5. The van der Waals surface area contributed by atoms with Gasteiger partial charge in [0.2, 0.25) is 11.7 Å². The summed E-state index contributed by atoms with van der Waals surface area (Å²) in [5.41, 5.74) is 1.56. The molecule has 2 amide bonds. The first-order chi connectivity index (χ1) is 20.7. The zero-order valence-electron chi connectivity index (χ0n) is 23.4. The third-order valence-electron chi connectivity index (χ3n) is 6.71. The minimum Gasteiger partial charge on any atom is -0.481 e. The quantitative estimate of drug-likeness (QED) is 0.208. The average molecular weight is 621 g/mol. The molecule has 0 saturated heterocycles. The van der Waals surface area contributed by atoms with E-state index >= 15 is 0 Å². The fourth-order valence-electron chi connectivity index (χ4n) is 4.66. The summed E-state index contributed by atoms with van der Waals surface area (Å²) in [6.07, 6.45) is 1.56. The number of hydrogen-bond acceptors (Lipinski definition) is 8. The van der Waals surface area contributed by atoms with Crippen molar-refractivity contribution in [2.75, 3.05) is 12.4 Å². The molecular weight excluding hydrogens is 595 g/mol. The molecule has 1 atom stereocenters. The number of hydrogen-bond donors (Lipinski definition) is 2. The summed E-state index contributed by atoms with van der Waals surface area (Å²) < 4.78 is 26.0. The summed E-state index contributed by atoms with van der Waals surface area (Å²) in [6.45, 7) is 2.97. The fraction of sp³-hybridized carbons (Fsp3) is 0.200. The van der Waals surface area contributed by atoms with Crippen LogP contribution in [-0.4, -0.2) is 43.6 Å². The van der Waals surface area contributed by atoms with Crippen LogP contribution < -0.4 is 15.4 Å². The molecule has 0 saturated carbocycles. The second-order valence-electron chi connectivity index (χ2n) is 9.72. The van der Waals surface area contributed by atoms with Gasteiger partial charge in [0.1, 0.15) is 17.3 Å². The Kier molecular flexibility index (Phi) is 8.78. The van der Waals surface area contributed by atoms with Crippen molar-refractivity contribution in [3.63, 3.8) is 0 Å². The number of methoxy groups -OCH3 is 1. The summed E-state index contributed by atoms with van der Waals surface area (Å²) in [5.74, 6) is -2.31. The number of rotatable bonds is 10. The first kappa shape index (κ1) is 29.8. The zero-order valence-corrected chi connectivity index (χ0v) is 24.9. The zero-order chi connectivity index (χ0) is 30.7. The van der Waals surface area contributed by atoms with Gasteiger partial charge in [-0.1, -0.05) is 42.8 Å². The van der Waals surface area contributed by atoms with Gasteiger partial charge in [0, 0.05) is 35.1 Å². The normalized spacial score (nSPS) is 11.7. The predicted molar refractivity (Wildman–Crippen MR) is 161 cm³/mol. The summed E-state index contributed by atoms with van der Waals surface area (Å²) >= 11 is 7.63. The lowest BCUT2D eigenvalue weighted by atomic mass is 9.96. The highest BCUT2D eigenvalue weighted by molar-refractivity contribution is 7.13. The van der Waals surface area contributed by atoms with Gasteiger partial charge in [-0.15, -0.1) is 0 Å². The van der Waals surface area contributed by atoms with Crippen molar-refractivity contribution in [3.8, 4) is 5.88 Å². The Hall–Kier alpha value is -4.68. The third-order valence-corrected chi connectivity index (χ3v) is 7.88. The SMILES string of the molecule is COc1ccc(CNC(=O)c2nc(NC(=O)c3nsc4ccccc34)c([C@H](C)c3cc(F)ccc3Cl)n2CC(C)=O)cn1. The number of anilines is 1. The molecule has 0 aliphatic heterocycles. The monoisotopic (exact) mass is 620 g/mol. The van der Waals surface area contributed by atoms with Crippen molar-refractivity contribution in [1.82, 2.24) is 24.2 Å². The van der Waals surface area contributed by atoms with Crippen molar-refractivity contribution in [2.24, 2.45) is 0 Å². The molecule has 2 N–H and O–H groups in total. The van der Waals surface area contributed by atoms with Crippen LogP contribution in [0, 0.1) is 5.82 Å². The van der Waals surface area contributed by atoms with Gasteiger partial charge in [0.05, 0.1) is 24.0 Å². The molecule has 0 aliphatic carbocycles. The Bertz CT molecular complexity index is 1840. The van der Waals surface area contributed by atoms with Crippen LogP contribution in [0.25, 0.3) is 10.1 Å². The van der Waals surface area contributed by atoms with Gasteiger partial charge in [0.25, 0.3) is 11.8 Å². The number of Topliss-reactive ketones (excluding diaryl/α,β-unsaturated/α-hetero) is 1. The topological polar surface area (TPSA) is 128 Å². The van der Waals surface area contributed by atoms with E-state index in [1.165, 1.54) is 48.3 Å². The predicted octanol–water partition coefficient (Wildman–Crippen LogP) is 5.61. The fourth-order valence-corrected chi connectivity index (χ4v) is 5.71. The van der Waals surface area contributed by atoms with E-state index in [1.54, 1.807) is 37.4 Å². The molecule has 2 aromatic carbocycles. The number of fused-ring (bicyclic) bond motifs is 1. The largest absolute Gasteiger partial charge is 0.481 e. The van der Waals surface area contributed by atoms with Crippen LogP contribution in [0.1, 0.15) is 57.7 Å². The molecular formula is C30H26ClFN6O4S. The lowest BCUT2D eigenvalue weighted by Crippen LogP contribution is -2.28. The molecule has 13 heteroatoms. The molecule has 0 bridgehead atoms. The molecule has 10 nitrogen and oxygen atoms in total. The van der Waals surface area contributed by atoms with Crippen LogP contribution >= 0.6 is 23.1 Å². The van der Waals surface area contributed by atoms with Crippen LogP contribution in [0.15, 0.2) is 60.8 Å². The van der Waals surface area contributed by atoms with E-state index in [-0.39, 0.29) is 41.2 Å². The molecule has 43 heavy (non-hydrogen) atoms. The van der Waals surface area contributed by atoms with Crippen LogP contribution in [-0.2, 0) is 17.9 Å². The number of nitrogens with zero attached hydrogens (tertiary/aromatic N) is 4. The van der Waals surface area contributed by atoms with Crippen LogP contribution in [0.5, 0.6) is 5.88 Å². The molecule has 0 radical (unpaired) electrons. The van der Waals surface area contributed by atoms with Gasteiger partial charge < -0.3 is 19.9 Å². The number of nitrogens with one attached hydrogen (secondary N) is 2. The number of carbonyl (C=O) groups excluding carboxylic acids is 3. The molecule has 220 valence electrons. The standard InChI is InChI=1S/C30H26ClFN6O4S/c1-16(39)15-38-26(17(2)21-12-19(32)9-10-22(21)31)27(36-29(40)25-20-6-4-5-7-23(20)43-37-25)35-28(38)30(41)34-14-18-8-11-24(42-3)33-13-18/h4-13,17H,14-15H2,1-3H3,(H,34,41)(H,36,40)/t17-/m1/s1. The van der Waals surface area contributed by atoms with Crippen LogP contribution in [0.2, 0.25) is 5.02 Å². The van der Waals surface area contributed by atoms with E-state index in [2.05, 4.69) is 25.0 Å². The third kappa shape index (κ3) is 6.40. The summed E-state index contributed by atoms with van der Waals surface area (Å²) in [7, 11) is 1.50. The maximum Gasteiger partial charge on any atom is 0.287 e. The number of amides is 2. The minimum atomic E-state index is -0.690. The van der Waals surface area contributed by atoms with Crippen molar-refractivity contribution in [2.45, 2.75) is 32.9 Å². The summed E-state index contributed by atoms with van der Waals surface area (Å²) in [6, 6.07) is 14.6. The number of carbonyl (C=O) groups is 3. The van der Waals surface area contributed by atoms with E-state index in [0.717, 1.165) is 4.70 Å². The van der Waals surface area contributed by atoms with E-state index < -0.39 is 23.5 Å². The van der Waals surface area contributed by atoms with Gasteiger partial charge in [0.15, 0.2) is 5.82 Å². The lowest BCUT2D eigenvalue weighted by molar-refractivity contribution is -0.117. The molecule has 0 unspecified atom stereocenters. The second kappa shape index (κ2) is 12.7. The van der Waals surface area contributed by atoms with Crippen molar-refractivity contribution >= 4 is 56.6 Å². The Balaban J connectivity index is 1.57. The molecule has 3 heterocycles. The number of ketones is 1. The maximum atomic E-state index is 14.3. The highest BCUT2D eigenvalue weighted by Crippen LogP contribution is 2.36. The second-order valence-corrected chi connectivity index (χ2v) is 10.9. The van der Waals surface area contributed by atoms with Crippen LogP contribution in [0.3, 0.4) is 0 Å². The number of halogens is 2. The van der Waals surface area contributed by atoms with Crippen molar-refractivity contribution in [1.29, 1.82) is 0 Å². The minimum absolute atomic E-state index is 0.0208. The number of pyridine rings is 1. The van der Waals surface area contributed by atoms with E-state index in [4.69, 9.17) is 16.3 Å². The smallest absolute Gasteiger partial charge is 0.287 e. The Labute approximate surface area is 255 Å². The molecule has 5 aromatic rings. The van der Waals surface area contributed by atoms with Gasteiger partial charge >= 0.3 is 0 Å². The first-order valence-corrected chi connectivity index (χ1v) is 14.3. The molecule has 0 spiro atoms. The van der Waals surface area contributed by atoms with E-state index in [9.17, 15) is 18.8 Å². The number of ether oxygens (including phenoxy) is 1. The van der Waals surface area contributed by atoms with Crippen LogP contribution in [0.4, 0.5) is 10.2 Å². The Morgan fingerprint density at radius 1 is 1.12 bits per heavy atom. The molecule has 3 aromatic heterocycles. The lowest BCUT2D eigenvalue weighted by Gasteiger charge is -2.19. The Morgan fingerprint density at radius 3 is 2.63 bits per heavy atom. The summed E-state index contributed by atoms with van der Waals surface area (Å²) in [4.78, 5) is 48.1. The molecule has 0 aliphatic rings. The van der Waals surface area contributed by atoms with Gasteiger partial charge in [-0.25, -0.2) is 14.4 Å². The van der Waals surface area contributed by atoms with Gasteiger partial charge in [-0.2, -0.15) is 4.37 Å². The average Bonchev–Trinajstić information content (AvgIpc) is 3.58. The van der Waals surface area contributed by atoms with E-state index in [0.29, 0.717) is 28.1 Å². The van der Waals surface area contributed by atoms with Crippen molar-refractivity contribution < 1.29 is 23.5 Å². The molecule has 5 rings (SSSR count). The maximum absolute atomic E-state index is 14.3. The van der Waals surface area contributed by atoms with E-state index in [1.807, 2.05) is 12.1 Å². The Morgan fingerprint density at radius 2 is 1.91 bits per heavy atom.